The Morgan fingerprint density at radius 1 is 1.03 bits per heavy atom. The smallest absolute Gasteiger partial charge is 0.240 e. The van der Waals surface area contributed by atoms with E-state index in [1.807, 2.05) is 32.0 Å². The molecule has 9 heteroatoms. The predicted octanol–water partition coefficient (Wildman–Crippen LogP) is 3.84. The van der Waals surface area contributed by atoms with Crippen LogP contribution in [0.15, 0.2) is 76.8 Å². The van der Waals surface area contributed by atoms with Gasteiger partial charge in [-0.25, -0.2) is 13.1 Å². The molecule has 3 rings (SSSR count). The Hall–Kier alpha value is -3.14. The van der Waals surface area contributed by atoms with Gasteiger partial charge in [0.05, 0.1) is 23.4 Å². The van der Waals surface area contributed by atoms with Crippen LogP contribution >= 0.6 is 12.2 Å². The molecule has 2 aromatic carbocycles. The quantitative estimate of drug-likeness (QED) is 0.302. The lowest BCUT2D eigenvalue weighted by Crippen LogP contribution is -2.39. The molecule has 0 spiro atoms. The van der Waals surface area contributed by atoms with Gasteiger partial charge in [0.15, 0.2) is 5.11 Å². The molecule has 0 saturated carbocycles. The van der Waals surface area contributed by atoms with Gasteiger partial charge in [-0.3, -0.25) is 10.9 Å². The molecule has 0 aliphatic rings. The number of nitrogens with one attached hydrogen (secondary N) is 4. The van der Waals surface area contributed by atoms with Crippen molar-refractivity contribution in [3.05, 3.63) is 89.9 Å². The normalized spacial score (nSPS) is 11.0. The number of anilines is 1. The van der Waals surface area contributed by atoms with Crippen LogP contribution in [0.2, 0.25) is 0 Å². The molecule has 0 amide bonds. The lowest BCUT2D eigenvalue weighted by Gasteiger charge is -2.16. The Morgan fingerprint density at radius 2 is 1.77 bits per heavy atom. The number of hydrogen-bond donors (Lipinski definition) is 4. The molecule has 0 fully saturated rings. The van der Waals surface area contributed by atoms with Gasteiger partial charge in [-0.05, 0) is 73.1 Å². The fourth-order valence-corrected chi connectivity index (χ4v) is 3.90. The first-order valence-electron chi connectivity index (χ1n) is 9.47. The Bertz CT molecular complexity index is 1170. The molecule has 4 N–H and O–H groups in total. The van der Waals surface area contributed by atoms with Crippen molar-refractivity contribution < 1.29 is 12.8 Å². The third-order valence-corrected chi connectivity index (χ3v) is 6.33. The highest BCUT2D eigenvalue weighted by Crippen LogP contribution is 2.18. The van der Waals surface area contributed by atoms with Gasteiger partial charge in [0.1, 0.15) is 5.76 Å². The standard InChI is InChI=1S/C22H24N4O3S2/c1-15-6-4-8-21(16(15)2)24-22(30)26-25-17(3)18-9-11-20(12-10-18)31(27,28)23-14-19-7-5-13-29-19/h4-13,23,25H,3,14H2,1-2H3,(H2,24,26,30). The zero-order valence-electron chi connectivity index (χ0n) is 17.2. The Kier molecular flexibility index (Phi) is 7.11. The van der Waals surface area contributed by atoms with E-state index in [1.54, 1.807) is 24.3 Å². The first-order chi connectivity index (χ1) is 14.8. The topological polar surface area (TPSA) is 95.4 Å². The molecule has 1 heterocycles. The molecule has 31 heavy (non-hydrogen) atoms. The number of benzene rings is 2. The van der Waals surface area contributed by atoms with Crippen LogP contribution in [0.25, 0.3) is 5.70 Å². The second kappa shape index (κ2) is 9.78. The minimum absolute atomic E-state index is 0.0835. The average Bonchev–Trinajstić information content (AvgIpc) is 3.28. The van der Waals surface area contributed by atoms with E-state index in [-0.39, 0.29) is 11.4 Å². The lowest BCUT2D eigenvalue weighted by atomic mass is 10.1. The summed E-state index contributed by atoms with van der Waals surface area (Å²) in [5.41, 5.74) is 10.3. The van der Waals surface area contributed by atoms with E-state index in [9.17, 15) is 8.42 Å². The SMILES string of the molecule is C=C(NNC(=S)Nc1cccc(C)c1C)c1ccc(S(=O)(=O)NCc2ccco2)cc1. The largest absolute Gasteiger partial charge is 0.468 e. The third kappa shape index (κ3) is 5.94. The molecule has 3 aromatic rings. The maximum atomic E-state index is 12.4. The maximum absolute atomic E-state index is 12.4. The molecule has 0 aliphatic heterocycles. The fraction of sp³-hybridized carbons (Fsp3) is 0.136. The van der Waals surface area contributed by atoms with E-state index < -0.39 is 10.0 Å². The third-order valence-electron chi connectivity index (χ3n) is 4.71. The zero-order chi connectivity index (χ0) is 22.4. The summed E-state index contributed by atoms with van der Waals surface area (Å²) in [6.07, 6.45) is 1.49. The van der Waals surface area contributed by atoms with Gasteiger partial charge in [-0.15, -0.1) is 0 Å². The molecule has 0 radical (unpaired) electrons. The van der Waals surface area contributed by atoms with Gasteiger partial charge in [0.25, 0.3) is 0 Å². The number of sulfonamides is 1. The molecule has 7 nitrogen and oxygen atoms in total. The monoisotopic (exact) mass is 456 g/mol. The molecule has 0 unspecified atom stereocenters. The minimum Gasteiger partial charge on any atom is -0.468 e. The van der Waals surface area contributed by atoms with Crippen molar-refractivity contribution in [1.82, 2.24) is 15.6 Å². The van der Waals surface area contributed by atoms with Crippen LogP contribution in [0.5, 0.6) is 0 Å². The minimum atomic E-state index is -3.65. The van der Waals surface area contributed by atoms with Crippen LogP contribution in [0.1, 0.15) is 22.5 Å². The Balaban J connectivity index is 1.55. The highest BCUT2D eigenvalue weighted by Gasteiger charge is 2.14. The van der Waals surface area contributed by atoms with Crippen molar-refractivity contribution in [3.63, 3.8) is 0 Å². The molecule has 0 bridgehead atoms. The van der Waals surface area contributed by atoms with Crippen molar-refractivity contribution in [2.24, 2.45) is 0 Å². The Labute approximate surface area is 187 Å². The van der Waals surface area contributed by atoms with Crippen molar-refractivity contribution in [1.29, 1.82) is 0 Å². The Morgan fingerprint density at radius 3 is 2.45 bits per heavy atom. The summed E-state index contributed by atoms with van der Waals surface area (Å²) in [4.78, 5) is 0.149. The van der Waals surface area contributed by atoms with E-state index in [2.05, 4.69) is 27.5 Å². The van der Waals surface area contributed by atoms with E-state index in [0.717, 1.165) is 11.3 Å². The molecule has 0 atom stereocenters. The van der Waals surface area contributed by atoms with Crippen molar-refractivity contribution >= 4 is 38.7 Å². The number of aryl methyl sites for hydroxylation is 1. The van der Waals surface area contributed by atoms with Gasteiger partial charge < -0.3 is 9.73 Å². The van der Waals surface area contributed by atoms with Crippen LogP contribution in [0.3, 0.4) is 0 Å². The van der Waals surface area contributed by atoms with E-state index in [1.165, 1.54) is 24.0 Å². The molecule has 0 saturated heterocycles. The van der Waals surface area contributed by atoms with Crippen LogP contribution < -0.4 is 20.9 Å². The second-order valence-corrected chi connectivity index (χ2v) is 9.03. The van der Waals surface area contributed by atoms with Gasteiger partial charge in [-0.1, -0.05) is 30.8 Å². The summed E-state index contributed by atoms with van der Waals surface area (Å²) in [5.74, 6) is 0.536. The fourth-order valence-electron chi connectivity index (χ4n) is 2.74. The number of hydrazine groups is 1. The van der Waals surface area contributed by atoms with Crippen molar-refractivity contribution in [2.45, 2.75) is 25.3 Å². The number of rotatable bonds is 8. The lowest BCUT2D eigenvalue weighted by molar-refractivity contribution is 0.498. The summed E-state index contributed by atoms with van der Waals surface area (Å²) < 4.78 is 32.5. The summed E-state index contributed by atoms with van der Waals surface area (Å²) in [7, 11) is -3.65. The summed E-state index contributed by atoms with van der Waals surface area (Å²) in [5, 5.41) is 3.52. The molecular formula is C22H24N4O3S2. The van der Waals surface area contributed by atoms with Gasteiger partial charge in [0, 0.05) is 5.69 Å². The van der Waals surface area contributed by atoms with Gasteiger partial charge >= 0.3 is 0 Å². The highest BCUT2D eigenvalue weighted by atomic mass is 32.2. The maximum Gasteiger partial charge on any atom is 0.240 e. The summed E-state index contributed by atoms with van der Waals surface area (Å²) >= 11 is 5.32. The van der Waals surface area contributed by atoms with E-state index in [0.29, 0.717) is 22.1 Å². The molecule has 0 aliphatic carbocycles. The highest BCUT2D eigenvalue weighted by molar-refractivity contribution is 7.89. The first kappa shape index (κ1) is 22.5. The molecule has 1 aromatic heterocycles. The summed E-state index contributed by atoms with van der Waals surface area (Å²) in [6, 6.07) is 15.7. The van der Waals surface area contributed by atoms with Crippen molar-refractivity contribution in [3.8, 4) is 0 Å². The molecule has 162 valence electrons. The second-order valence-electron chi connectivity index (χ2n) is 6.86. The van der Waals surface area contributed by atoms with Crippen molar-refractivity contribution in [2.75, 3.05) is 5.32 Å². The van der Waals surface area contributed by atoms with E-state index in [4.69, 9.17) is 16.6 Å². The molecular weight excluding hydrogens is 432 g/mol. The van der Waals surface area contributed by atoms with Crippen LogP contribution in [0, 0.1) is 13.8 Å². The van der Waals surface area contributed by atoms with E-state index >= 15 is 0 Å². The number of thiocarbonyl (C=S) groups is 1. The van der Waals surface area contributed by atoms with Crippen LogP contribution in [0.4, 0.5) is 5.69 Å². The van der Waals surface area contributed by atoms with Crippen LogP contribution in [-0.4, -0.2) is 13.5 Å². The first-order valence-corrected chi connectivity index (χ1v) is 11.4. The van der Waals surface area contributed by atoms with Gasteiger partial charge in [0.2, 0.25) is 10.0 Å². The van der Waals surface area contributed by atoms with Crippen LogP contribution in [-0.2, 0) is 16.6 Å². The van der Waals surface area contributed by atoms with Gasteiger partial charge in [-0.2, -0.15) is 0 Å². The zero-order valence-corrected chi connectivity index (χ0v) is 18.9. The average molecular weight is 457 g/mol. The summed E-state index contributed by atoms with van der Waals surface area (Å²) in [6.45, 7) is 8.10. The number of furan rings is 1. The number of hydrogen-bond acceptors (Lipinski definition) is 5. The predicted molar refractivity (Wildman–Crippen MR) is 127 cm³/mol.